The average molecular weight is 294 g/mol. The van der Waals surface area contributed by atoms with Crippen LogP contribution in [0.4, 0.5) is 5.13 Å². The summed E-state index contributed by atoms with van der Waals surface area (Å²) >= 11 is 1.35. The molecule has 0 saturated carbocycles. The number of nitrogens with zero attached hydrogens (tertiary/aromatic N) is 1. The van der Waals surface area contributed by atoms with Crippen LogP contribution in [-0.4, -0.2) is 22.0 Å². The minimum atomic E-state index is -0.910. The molecule has 2 N–H and O–H groups in total. The molecule has 0 fully saturated rings. The largest absolute Gasteiger partial charge is 0.481 e. The number of allylic oxidation sites excluding steroid dienone is 2. The van der Waals surface area contributed by atoms with Crippen molar-refractivity contribution in [3.8, 4) is 0 Å². The summed E-state index contributed by atoms with van der Waals surface area (Å²) < 4.78 is 0. The van der Waals surface area contributed by atoms with E-state index in [-0.39, 0.29) is 5.91 Å². The van der Waals surface area contributed by atoms with Gasteiger partial charge in [-0.25, -0.2) is 4.98 Å². The highest BCUT2D eigenvalue weighted by Crippen LogP contribution is 2.35. The molecule has 1 aliphatic rings. The molecule has 0 spiro atoms. The number of hydrogen-bond acceptors (Lipinski definition) is 4. The van der Waals surface area contributed by atoms with Crippen LogP contribution in [0.1, 0.15) is 32.4 Å². The number of hydrogen-bond donors (Lipinski definition) is 2. The number of carbonyl (C=O) groups is 2. The van der Waals surface area contributed by atoms with Crippen LogP contribution in [0, 0.1) is 18.8 Å². The molecule has 2 rings (SSSR count). The van der Waals surface area contributed by atoms with Gasteiger partial charge in [0, 0.05) is 5.38 Å². The third-order valence-corrected chi connectivity index (χ3v) is 4.65. The van der Waals surface area contributed by atoms with Gasteiger partial charge in [-0.3, -0.25) is 9.59 Å². The lowest BCUT2D eigenvalue weighted by Gasteiger charge is -2.29. The number of thiazole rings is 1. The van der Waals surface area contributed by atoms with Crippen molar-refractivity contribution < 1.29 is 14.7 Å². The number of rotatable bonds is 3. The Bertz CT molecular complexity index is 577. The fraction of sp³-hybridized carbons (Fsp3) is 0.500. The number of carboxylic acid groups (broad SMARTS) is 1. The van der Waals surface area contributed by atoms with Crippen LogP contribution in [0.2, 0.25) is 0 Å². The summed E-state index contributed by atoms with van der Waals surface area (Å²) in [6, 6.07) is 0. The molecular weight excluding hydrogens is 276 g/mol. The maximum absolute atomic E-state index is 12.3. The topological polar surface area (TPSA) is 79.3 Å². The molecule has 1 aromatic heterocycles. The second kappa shape index (κ2) is 5.75. The predicted molar refractivity (Wildman–Crippen MR) is 77.7 cm³/mol. The Kier molecular flexibility index (Phi) is 4.23. The predicted octanol–water partition coefficient (Wildman–Crippen LogP) is 2.84. The van der Waals surface area contributed by atoms with Gasteiger partial charge < -0.3 is 10.4 Å². The standard InChI is InChI=1S/C14H18N2O3S/c1-7-4-10(11(13(18)19)5-8(7)2)12(17)16-14-15-9(3)6-20-14/h6,10-11H,4-5H2,1-3H3,(H,18,19)(H,15,16,17)/t10-,11-/m0/s1. The number of carbonyl (C=O) groups excluding carboxylic acids is 1. The summed E-state index contributed by atoms with van der Waals surface area (Å²) in [6.45, 7) is 5.74. The summed E-state index contributed by atoms with van der Waals surface area (Å²) in [6.07, 6.45) is 0.940. The smallest absolute Gasteiger partial charge is 0.307 e. The molecule has 20 heavy (non-hydrogen) atoms. The highest BCUT2D eigenvalue weighted by Gasteiger charge is 2.37. The number of nitrogens with one attached hydrogen (secondary N) is 1. The van der Waals surface area contributed by atoms with Gasteiger partial charge in [0.1, 0.15) is 0 Å². The third-order valence-electron chi connectivity index (χ3n) is 3.77. The van der Waals surface area contributed by atoms with E-state index < -0.39 is 17.8 Å². The zero-order valence-electron chi connectivity index (χ0n) is 11.8. The van der Waals surface area contributed by atoms with Gasteiger partial charge in [0.2, 0.25) is 5.91 Å². The van der Waals surface area contributed by atoms with Crippen LogP contribution < -0.4 is 5.32 Å². The summed E-state index contributed by atoms with van der Waals surface area (Å²) in [4.78, 5) is 27.9. The molecule has 1 heterocycles. The third kappa shape index (κ3) is 3.07. The first-order chi connectivity index (χ1) is 9.38. The van der Waals surface area contributed by atoms with E-state index in [1.54, 1.807) is 0 Å². The van der Waals surface area contributed by atoms with Gasteiger partial charge in [0.15, 0.2) is 5.13 Å². The summed E-state index contributed by atoms with van der Waals surface area (Å²) in [7, 11) is 0. The van der Waals surface area contributed by atoms with Crippen LogP contribution in [0.5, 0.6) is 0 Å². The van der Waals surface area contributed by atoms with E-state index in [2.05, 4.69) is 10.3 Å². The van der Waals surface area contributed by atoms with Crippen LogP contribution >= 0.6 is 11.3 Å². The lowest BCUT2D eigenvalue weighted by atomic mass is 9.76. The summed E-state index contributed by atoms with van der Waals surface area (Å²) in [5, 5.41) is 14.4. The van der Waals surface area contributed by atoms with Crippen LogP contribution in [0.15, 0.2) is 16.5 Å². The molecule has 0 bridgehead atoms. The number of carboxylic acids is 1. The molecule has 0 radical (unpaired) electrons. The number of amides is 1. The summed E-state index contributed by atoms with van der Waals surface area (Å²) in [5.41, 5.74) is 3.03. The monoisotopic (exact) mass is 294 g/mol. The quantitative estimate of drug-likeness (QED) is 0.840. The molecule has 0 aliphatic heterocycles. The van der Waals surface area contributed by atoms with Crippen LogP contribution in [0.25, 0.3) is 0 Å². The van der Waals surface area contributed by atoms with Gasteiger partial charge in [-0.15, -0.1) is 11.3 Å². The van der Waals surface area contributed by atoms with E-state index >= 15 is 0 Å². The van der Waals surface area contributed by atoms with Crippen molar-refractivity contribution in [1.82, 2.24) is 4.98 Å². The Labute approximate surface area is 121 Å². The van der Waals surface area contributed by atoms with Crippen molar-refractivity contribution >= 4 is 28.3 Å². The van der Waals surface area contributed by atoms with E-state index in [4.69, 9.17) is 0 Å². The van der Waals surface area contributed by atoms with E-state index in [1.807, 2.05) is 26.2 Å². The van der Waals surface area contributed by atoms with Gasteiger partial charge in [-0.2, -0.15) is 0 Å². The van der Waals surface area contributed by atoms with Crippen molar-refractivity contribution in [2.75, 3.05) is 5.32 Å². The van der Waals surface area contributed by atoms with E-state index in [1.165, 1.54) is 11.3 Å². The number of aryl methyl sites for hydroxylation is 1. The Morgan fingerprint density at radius 3 is 2.35 bits per heavy atom. The minimum Gasteiger partial charge on any atom is -0.481 e. The van der Waals surface area contributed by atoms with Gasteiger partial charge in [-0.1, -0.05) is 11.1 Å². The Balaban J connectivity index is 2.16. The normalized spacial score (nSPS) is 22.8. The molecule has 1 aliphatic carbocycles. The molecule has 1 amide bonds. The first-order valence-corrected chi connectivity index (χ1v) is 7.37. The van der Waals surface area contributed by atoms with Crippen LogP contribution in [0.3, 0.4) is 0 Å². The maximum Gasteiger partial charge on any atom is 0.307 e. The van der Waals surface area contributed by atoms with E-state index in [0.29, 0.717) is 18.0 Å². The number of anilines is 1. The van der Waals surface area contributed by atoms with Gasteiger partial charge in [-0.05, 0) is 33.6 Å². The van der Waals surface area contributed by atoms with Crippen molar-refractivity contribution in [1.29, 1.82) is 0 Å². The summed E-state index contributed by atoms with van der Waals surface area (Å²) in [5.74, 6) is -2.34. The fourth-order valence-corrected chi connectivity index (χ4v) is 3.13. The molecule has 0 saturated heterocycles. The molecule has 5 nitrogen and oxygen atoms in total. The minimum absolute atomic E-state index is 0.251. The molecule has 0 aromatic carbocycles. The second-order valence-corrected chi connectivity index (χ2v) is 6.16. The number of aromatic nitrogens is 1. The van der Waals surface area contributed by atoms with Crippen molar-refractivity contribution in [2.45, 2.75) is 33.6 Å². The van der Waals surface area contributed by atoms with Crippen molar-refractivity contribution in [2.24, 2.45) is 11.8 Å². The highest BCUT2D eigenvalue weighted by atomic mass is 32.1. The Morgan fingerprint density at radius 2 is 1.85 bits per heavy atom. The maximum atomic E-state index is 12.3. The SMILES string of the molecule is CC1=C(C)C[C@H](C(=O)Nc2nc(C)cs2)[C@@H](C(=O)O)C1. The molecule has 6 heteroatoms. The van der Waals surface area contributed by atoms with Gasteiger partial charge >= 0.3 is 5.97 Å². The molecule has 1 aromatic rings. The highest BCUT2D eigenvalue weighted by molar-refractivity contribution is 7.13. The molecule has 108 valence electrons. The van der Waals surface area contributed by atoms with Gasteiger partial charge in [0.05, 0.1) is 17.5 Å². The number of aliphatic carboxylic acids is 1. The Hall–Kier alpha value is -1.69. The first-order valence-electron chi connectivity index (χ1n) is 6.49. The van der Waals surface area contributed by atoms with Crippen molar-refractivity contribution in [3.05, 3.63) is 22.2 Å². The first kappa shape index (κ1) is 14.7. The lowest BCUT2D eigenvalue weighted by molar-refractivity contribution is -0.146. The molecule has 0 unspecified atom stereocenters. The van der Waals surface area contributed by atoms with Crippen LogP contribution in [-0.2, 0) is 9.59 Å². The molecular formula is C14H18N2O3S. The van der Waals surface area contributed by atoms with E-state index in [9.17, 15) is 14.7 Å². The van der Waals surface area contributed by atoms with Gasteiger partial charge in [0.25, 0.3) is 0 Å². The fourth-order valence-electron chi connectivity index (χ4n) is 2.44. The molecule has 2 atom stereocenters. The lowest BCUT2D eigenvalue weighted by Crippen LogP contribution is -2.36. The Morgan fingerprint density at radius 1 is 1.25 bits per heavy atom. The van der Waals surface area contributed by atoms with Crippen molar-refractivity contribution in [3.63, 3.8) is 0 Å². The average Bonchev–Trinajstić information content (AvgIpc) is 2.77. The second-order valence-electron chi connectivity index (χ2n) is 5.30. The zero-order valence-corrected chi connectivity index (χ0v) is 12.6. The zero-order chi connectivity index (χ0) is 14.9. The van der Waals surface area contributed by atoms with E-state index in [0.717, 1.165) is 16.8 Å².